The van der Waals surface area contributed by atoms with Crippen LogP contribution in [-0.4, -0.2) is 74.3 Å². The van der Waals surface area contributed by atoms with Crippen LogP contribution in [0.5, 0.6) is 0 Å². The van der Waals surface area contributed by atoms with Crippen LogP contribution in [0.4, 0.5) is 5.82 Å². The largest absolute Gasteiger partial charge is 0.379 e. The van der Waals surface area contributed by atoms with Crippen LogP contribution in [0.1, 0.15) is 43.5 Å². The highest BCUT2D eigenvalue weighted by molar-refractivity contribution is 6.29. The fourth-order valence-corrected chi connectivity index (χ4v) is 5.26. The van der Waals surface area contributed by atoms with E-state index in [1.807, 2.05) is 26.0 Å². The number of nitrogens with zero attached hydrogens (tertiary/aromatic N) is 6. The summed E-state index contributed by atoms with van der Waals surface area (Å²) in [6.45, 7) is 8.97. The minimum atomic E-state index is -0.317. The molecule has 222 valence electrons. The van der Waals surface area contributed by atoms with E-state index in [0.717, 1.165) is 37.9 Å². The third-order valence-corrected chi connectivity index (χ3v) is 7.71. The highest BCUT2D eigenvalue weighted by Crippen LogP contribution is 2.24. The SMILES string of the molecule is CCCCn1c(=O)c2[nH]c(-c3ccc(N(CCN4CCOCC4)C(=O)c4ccc(Cl)nc4)nc3)cc2n(CCC)c1=O. The van der Waals surface area contributed by atoms with Crippen LogP contribution < -0.4 is 16.1 Å². The quantitative estimate of drug-likeness (QED) is 0.263. The fraction of sp³-hybridized carbons (Fsp3) is 0.433. The molecule has 0 saturated carbocycles. The van der Waals surface area contributed by atoms with E-state index >= 15 is 0 Å². The lowest BCUT2D eigenvalue weighted by atomic mass is 10.2. The van der Waals surface area contributed by atoms with Crippen LogP contribution in [-0.2, 0) is 17.8 Å². The molecule has 0 bridgehead atoms. The summed E-state index contributed by atoms with van der Waals surface area (Å²) in [5.41, 5.74) is 2.20. The van der Waals surface area contributed by atoms with Gasteiger partial charge in [-0.3, -0.25) is 28.5 Å². The smallest absolute Gasteiger partial charge is 0.331 e. The molecule has 0 aromatic carbocycles. The second-order valence-electron chi connectivity index (χ2n) is 10.4. The van der Waals surface area contributed by atoms with Crippen LogP contribution in [0.15, 0.2) is 52.3 Å². The van der Waals surface area contributed by atoms with Gasteiger partial charge in [-0.1, -0.05) is 31.9 Å². The topological polar surface area (TPSA) is 118 Å². The van der Waals surface area contributed by atoms with Gasteiger partial charge in [0.15, 0.2) is 0 Å². The number of carbonyl (C=O) groups excluding carboxylic acids is 1. The van der Waals surface area contributed by atoms with Gasteiger partial charge in [-0.2, -0.15) is 0 Å². The van der Waals surface area contributed by atoms with Crippen molar-refractivity contribution < 1.29 is 9.53 Å². The summed E-state index contributed by atoms with van der Waals surface area (Å²) >= 11 is 5.95. The number of nitrogens with one attached hydrogen (secondary N) is 1. The van der Waals surface area contributed by atoms with Gasteiger partial charge in [-0.25, -0.2) is 14.8 Å². The Morgan fingerprint density at radius 2 is 1.81 bits per heavy atom. The van der Waals surface area contributed by atoms with Crippen LogP contribution in [0.3, 0.4) is 0 Å². The van der Waals surface area contributed by atoms with Crippen molar-refractivity contribution in [3.63, 3.8) is 0 Å². The van der Waals surface area contributed by atoms with Gasteiger partial charge in [0, 0.05) is 62.9 Å². The first kappa shape index (κ1) is 29.7. The number of aromatic amines is 1. The molecule has 4 aromatic heterocycles. The van der Waals surface area contributed by atoms with Gasteiger partial charge >= 0.3 is 5.69 Å². The molecular formula is C30H36ClN7O4. The number of hydrogen-bond acceptors (Lipinski definition) is 7. The second kappa shape index (κ2) is 13.5. The van der Waals surface area contributed by atoms with Gasteiger partial charge in [0.25, 0.3) is 11.5 Å². The van der Waals surface area contributed by atoms with E-state index in [2.05, 4.69) is 19.9 Å². The van der Waals surface area contributed by atoms with Crippen LogP contribution in [0.25, 0.3) is 22.3 Å². The highest BCUT2D eigenvalue weighted by atomic mass is 35.5. The van der Waals surface area contributed by atoms with Crippen molar-refractivity contribution in [3.05, 3.63) is 74.3 Å². The van der Waals surface area contributed by atoms with Gasteiger partial charge in [-0.05, 0) is 43.2 Å². The molecule has 1 saturated heterocycles. The van der Waals surface area contributed by atoms with Crippen LogP contribution in [0, 0.1) is 0 Å². The van der Waals surface area contributed by atoms with Crippen molar-refractivity contribution in [2.75, 3.05) is 44.3 Å². The molecule has 0 aliphatic carbocycles. The maximum absolute atomic E-state index is 13.6. The number of ether oxygens (including phenoxy) is 1. The number of hydrogen-bond donors (Lipinski definition) is 1. The highest BCUT2D eigenvalue weighted by Gasteiger charge is 2.22. The molecule has 1 aliphatic heterocycles. The number of amides is 1. The molecule has 0 radical (unpaired) electrons. The molecule has 4 aromatic rings. The van der Waals surface area contributed by atoms with Crippen molar-refractivity contribution in [1.29, 1.82) is 0 Å². The summed E-state index contributed by atoms with van der Waals surface area (Å²) in [5.74, 6) is 0.266. The monoisotopic (exact) mass is 593 g/mol. The molecule has 5 heterocycles. The Kier molecular flexibility index (Phi) is 9.51. The lowest BCUT2D eigenvalue weighted by Gasteiger charge is -2.29. The Morgan fingerprint density at radius 1 is 1.00 bits per heavy atom. The number of rotatable bonds is 11. The van der Waals surface area contributed by atoms with E-state index in [1.165, 1.54) is 10.8 Å². The Labute approximate surface area is 248 Å². The number of fused-ring (bicyclic) bond motifs is 1. The van der Waals surface area contributed by atoms with E-state index in [9.17, 15) is 14.4 Å². The molecule has 12 heteroatoms. The first-order chi connectivity index (χ1) is 20.4. The summed E-state index contributed by atoms with van der Waals surface area (Å²) in [4.78, 5) is 55.9. The van der Waals surface area contributed by atoms with E-state index in [-0.39, 0.29) is 17.2 Å². The molecular weight excluding hydrogens is 558 g/mol. The van der Waals surface area contributed by atoms with E-state index in [4.69, 9.17) is 16.3 Å². The van der Waals surface area contributed by atoms with Gasteiger partial charge in [0.2, 0.25) is 0 Å². The second-order valence-corrected chi connectivity index (χ2v) is 10.8. The van der Waals surface area contributed by atoms with E-state index in [1.54, 1.807) is 33.9 Å². The van der Waals surface area contributed by atoms with E-state index in [0.29, 0.717) is 72.7 Å². The number of halogens is 1. The number of aromatic nitrogens is 5. The average molecular weight is 594 g/mol. The summed E-state index contributed by atoms with van der Waals surface area (Å²) < 4.78 is 8.45. The number of morpholine rings is 1. The zero-order valence-corrected chi connectivity index (χ0v) is 24.8. The third-order valence-electron chi connectivity index (χ3n) is 7.49. The molecule has 1 aliphatic rings. The Morgan fingerprint density at radius 3 is 2.48 bits per heavy atom. The average Bonchev–Trinajstić information content (AvgIpc) is 3.46. The summed E-state index contributed by atoms with van der Waals surface area (Å²) in [6.07, 6.45) is 5.53. The normalized spacial score (nSPS) is 14.0. The number of H-pyrrole nitrogens is 1. The fourth-order valence-electron chi connectivity index (χ4n) is 5.15. The number of pyridine rings is 2. The maximum Gasteiger partial charge on any atom is 0.331 e. The van der Waals surface area contributed by atoms with Crippen molar-refractivity contribution >= 4 is 34.4 Å². The molecule has 0 atom stereocenters. The molecule has 0 unspecified atom stereocenters. The first-order valence-electron chi connectivity index (χ1n) is 14.5. The summed E-state index contributed by atoms with van der Waals surface area (Å²) in [6, 6.07) is 8.73. The summed E-state index contributed by atoms with van der Waals surface area (Å²) in [7, 11) is 0. The molecule has 42 heavy (non-hydrogen) atoms. The van der Waals surface area contributed by atoms with Crippen molar-refractivity contribution in [2.24, 2.45) is 0 Å². The standard InChI is InChI=1S/C30H36ClN7O4/c1-3-5-11-38-29(40)27-24(36(10-4-2)30(38)41)18-23(34-27)21-7-9-26(33-19-21)37(13-12-35-14-16-42-17-15-35)28(39)22-6-8-25(31)32-20-22/h6-9,18-20,34H,3-5,10-17H2,1-2H3. The van der Waals surface area contributed by atoms with Gasteiger partial charge in [-0.15, -0.1) is 0 Å². The van der Waals surface area contributed by atoms with Gasteiger partial charge in [0.1, 0.15) is 16.5 Å². The zero-order chi connectivity index (χ0) is 29.6. The number of aryl methyl sites for hydroxylation is 1. The molecule has 1 fully saturated rings. The predicted molar refractivity (Wildman–Crippen MR) is 163 cm³/mol. The van der Waals surface area contributed by atoms with Gasteiger partial charge < -0.3 is 9.72 Å². The minimum absolute atomic E-state index is 0.227. The molecule has 0 spiro atoms. The zero-order valence-electron chi connectivity index (χ0n) is 24.0. The van der Waals surface area contributed by atoms with Crippen molar-refractivity contribution in [1.82, 2.24) is 29.0 Å². The Bertz CT molecular complexity index is 1640. The van der Waals surface area contributed by atoms with E-state index < -0.39 is 0 Å². The predicted octanol–water partition coefficient (Wildman–Crippen LogP) is 3.79. The third kappa shape index (κ3) is 6.33. The molecule has 1 N–H and O–H groups in total. The van der Waals surface area contributed by atoms with Gasteiger partial charge in [0.05, 0.1) is 24.3 Å². The lowest BCUT2D eigenvalue weighted by molar-refractivity contribution is 0.0391. The molecule has 11 nitrogen and oxygen atoms in total. The van der Waals surface area contributed by atoms with Crippen molar-refractivity contribution in [2.45, 2.75) is 46.2 Å². The summed E-state index contributed by atoms with van der Waals surface area (Å²) in [5, 5.41) is 0.314. The Hall–Kier alpha value is -3.80. The number of anilines is 1. The Balaban J connectivity index is 1.47. The molecule has 5 rings (SSSR count). The molecule has 1 amide bonds. The number of carbonyl (C=O) groups is 1. The maximum atomic E-state index is 13.6. The first-order valence-corrected chi connectivity index (χ1v) is 14.8. The van der Waals surface area contributed by atoms with Crippen molar-refractivity contribution in [3.8, 4) is 11.3 Å². The van der Waals surface area contributed by atoms with Crippen LogP contribution in [0.2, 0.25) is 5.15 Å². The number of unbranched alkanes of at least 4 members (excludes halogenated alkanes) is 1. The lowest BCUT2D eigenvalue weighted by Crippen LogP contribution is -2.43. The minimum Gasteiger partial charge on any atom is -0.379 e. The van der Waals surface area contributed by atoms with Crippen LogP contribution >= 0.6 is 11.6 Å².